The minimum atomic E-state index is 0.455. The molecule has 0 spiro atoms. The lowest BCUT2D eigenvalue weighted by atomic mass is 9.76. The third-order valence-corrected chi connectivity index (χ3v) is 5.30. The molecule has 0 aromatic rings. The smallest absolute Gasteiger partial charge is 0.00206 e. The zero-order valence-electron chi connectivity index (χ0n) is 15.4. The Bertz CT molecular complexity index is 196. The zero-order chi connectivity index (χ0) is 15.8. The van der Waals surface area contributed by atoms with Crippen LogP contribution >= 0.6 is 0 Å². The average Bonchev–Trinajstić information content (AvgIpc) is 2.52. The van der Waals surface area contributed by atoms with E-state index in [-0.39, 0.29) is 0 Å². The molecular weight excluding hydrogens is 254 g/mol. The molecule has 0 rings (SSSR count). The maximum atomic E-state index is 6.08. The molecule has 0 saturated carbocycles. The van der Waals surface area contributed by atoms with Crippen LogP contribution in [0.2, 0.25) is 0 Å². The predicted octanol–water partition coefficient (Wildman–Crippen LogP) is 6.84. The summed E-state index contributed by atoms with van der Waals surface area (Å²) in [4.78, 5) is 0. The van der Waals surface area contributed by atoms with Gasteiger partial charge in [0.05, 0.1) is 0 Å². The Morgan fingerprint density at radius 2 is 1.00 bits per heavy atom. The lowest BCUT2D eigenvalue weighted by Gasteiger charge is -2.31. The van der Waals surface area contributed by atoms with Crippen molar-refractivity contribution in [3.05, 3.63) is 0 Å². The molecule has 0 aliphatic heterocycles. The van der Waals surface area contributed by atoms with Crippen LogP contribution in [0.25, 0.3) is 0 Å². The number of hydrogen-bond donors (Lipinski definition) is 1. The molecule has 0 aliphatic rings. The molecule has 0 heterocycles. The Balaban J connectivity index is 3.53. The van der Waals surface area contributed by atoms with E-state index >= 15 is 0 Å². The number of nitrogens with two attached hydrogens (primary N) is 1. The Hall–Kier alpha value is -0.0400. The van der Waals surface area contributed by atoms with Gasteiger partial charge >= 0.3 is 0 Å². The molecule has 2 N–H and O–H groups in total. The van der Waals surface area contributed by atoms with E-state index in [4.69, 9.17) is 5.73 Å². The summed E-state index contributed by atoms with van der Waals surface area (Å²) in [7, 11) is 0. The molecule has 128 valence electrons. The summed E-state index contributed by atoms with van der Waals surface area (Å²) in [6, 6.07) is 0. The lowest BCUT2D eigenvalue weighted by Crippen LogP contribution is -2.29. The van der Waals surface area contributed by atoms with E-state index in [9.17, 15) is 0 Å². The summed E-state index contributed by atoms with van der Waals surface area (Å²) in [6.07, 6.45) is 20.9. The minimum Gasteiger partial charge on any atom is -0.330 e. The van der Waals surface area contributed by atoms with Crippen molar-refractivity contribution in [1.82, 2.24) is 0 Å². The number of rotatable bonds is 16. The van der Waals surface area contributed by atoms with Crippen LogP contribution < -0.4 is 5.73 Å². The fourth-order valence-corrected chi connectivity index (χ4v) is 3.37. The maximum absolute atomic E-state index is 6.08. The van der Waals surface area contributed by atoms with Gasteiger partial charge in [-0.15, -0.1) is 0 Å². The molecule has 1 nitrogen and oxygen atoms in total. The van der Waals surface area contributed by atoms with E-state index in [2.05, 4.69) is 20.8 Å². The van der Waals surface area contributed by atoms with E-state index < -0.39 is 0 Å². The second-order valence-corrected chi connectivity index (χ2v) is 7.09. The first-order chi connectivity index (χ1) is 10.2. The summed E-state index contributed by atoms with van der Waals surface area (Å²) < 4.78 is 0. The first-order valence-electron chi connectivity index (χ1n) is 9.94. The van der Waals surface area contributed by atoms with Gasteiger partial charge in [-0.05, 0) is 31.2 Å². The van der Waals surface area contributed by atoms with Crippen molar-refractivity contribution < 1.29 is 0 Å². The fraction of sp³-hybridized carbons (Fsp3) is 1.00. The number of hydrogen-bond acceptors (Lipinski definition) is 1. The van der Waals surface area contributed by atoms with Gasteiger partial charge in [0.25, 0.3) is 0 Å². The summed E-state index contributed by atoms with van der Waals surface area (Å²) in [5.41, 5.74) is 6.53. The van der Waals surface area contributed by atoms with Crippen molar-refractivity contribution in [1.29, 1.82) is 0 Å². The summed E-state index contributed by atoms with van der Waals surface area (Å²) in [5, 5.41) is 0. The molecule has 0 aromatic carbocycles. The first kappa shape index (κ1) is 21.0. The van der Waals surface area contributed by atoms with Crippen LogP contribution in [-0.2, 0) is 0 Å². The highest BCUT2D eigenvalue weighted by Gasteiger charge is 2.24. The van der Waals surface area contributed by atoms with Crippen LogP contribution in [-0.4, -0.2) is 6.54 Å². The minimum absolute atomic E-state index is 0.455. The monoisotopic (exact) mass is 297 g/mol. The van der Waals surface area contributed by atoms with Crippen LogP contribution in [0.3, 0.4) is 0 Å². The second kappa shape index (κ2) is 14.9. The van der Waals surface area contributed by atoms with Gasteiger partial charge in [0.15, 0.2) is 0 Å². The first-order valence-corrected chi connectivity index (χ1v) is 9.94. The van der Waals surface area contributed by atoms with Crippen LogP contribution in [0, 0.1) is 5.41 Å². The van der Waals surface area contributed by atoms with Gasteiger partial charge in [-0.25, -0.2) is 0 Å². The molecule has 1 atom stereocenters. The van der Waals surface area contributed by atoms with Crippen molar-refractivity contribution in [2.24, 2.45) is 11.1 Å². The molecule has 0 bridgehead atoms. The van der Waals surface area contributed by atoms with Gasteiger partial charge in [-0.1, -0.05) is 97.8 Å². The molecule has 0 amide bonds. The standard InChI is InChI=1S/C20H43N/c1-4-7-9-10-11-12-13-14-15-16-18-20(6-3,19-21)17-8-5-2/h4-19,21H2,1-3H3. The van der Waals surface area contributed by atoms with Crippen LogP contribution in [0.1, 0.15) is 117 Å². The van der Waals surface area contributed by atoms with Gasteiger partial charge in [0, 0.05) is 0 Å². The van der Waals surface area contributed by atoms with Crippen molar-refractivity contribution in [3.63, 3.8) is 0 Å². The van der Waals surface area contributed by atoms with E-state index in [1.54, 1.807) is 0 Å². The molecule has 1 heteroatoms. The largest absolute Gasteiger partial charge is 0.330 e. The Morgan fingerprint density at radius 3 is 1.43 bits per heavy atom. The summed E-state index contributed by atoms with van der Waals surface area (Å²) in [5.74, 6) is 0. The Labute approximate surface area is 135 Å². The average molecular weight is 298 g/mol. The second-order valence-electron chi connectivity index (χ2n) is 7.09. The zero-order valence-corrected chi connectivity index (χ0v) is 15.4. The van der Waals surface area contributed by atoms with Gasteiger partial charge in [-0.3, -0.25) is 0 Å². The van der Waals surface area contributed by atoms with Crippen molar-refractivity contribution in [2.45, 2.75) is 117 Å². The molecule has 0 saturated heterocycles. The van der Waals surface area contributed by atoms with E-state index in [1.165, 1.54) is 96.3 Å². The quantitative estimate of drug-likeness (QED) is 0.310. The Morgan fingerprint density at radius 1 is 0.571 bits per heavy atom. The SMILES string of the molecule is CCCCCCCCCCCCC(CC)(CN)CCCC. The molecule has 0 fully saturated rings. The summed E-state index contributed by atoms with van der Waals surface area (Å²) >= 11 is 0. The molecular formula is C20H43N. The molecule has 1 unspecified atom stereocenters. The van der Waals surface area contributed by atoms with Gasteiger partial charge in [0.2, 0.25) is 0 Å². The van der Waals surface area contributed by atoms with Gasteiger partial charge in [-0.2, -0.15) is 0 Å². The summed E-state index contributed by atoms with van der Waals surface area (Å²) in [6.45, 7) is 7.80. The van der Waals surface area contributed by atoms with Crippen LogP contribution in [0.15, 0.2) is 0 Å². The highest BCUT2D eigenvalue weighted by atomic mass is 14.6. The third kappa shape index (κ3) is 11.2. The highest BCUT2D eigenvalue weighted by Crippen LogP contribution is 2.33. The van der Waals surface area contributed by atoms with Crippen LogP contribution in [0.4, 0.5) is 0 Å². The Kier molecular flexibility index (Phi) is 14.9. The van der Waals surface area contributed by atoms with E-state index in [1.807, 2.05) is 0 Å². The van der Waals surface area contributed by atoms with E-state index in [0.717, 1.165) is 6.54 Å². The van der Waals surface area contributed by atoms with Crippen molar-refractivity contribution >= 4 is 0 Å². The van der Waals surface area contributed by atoms with Crippen LogP contribution in [0.5, 0.6) is 0 Å². The molecule has 21 heavy (non-hydrogen) atoms. The van der Waals surface area contributed by atoms with E-state index in [0.29, 0.717) is 5.41 Å². The third-order valence-electron chi connectivity index (χ3n) is 5.30. The van der Waals surface area contributed by atoms with Gasteiger partial charge in [0.1, 0.15) is 0 Å². The topological polar surface area (TPSA) is 26.0 Å². The molecule has 0 aliphatic carbocycles. The number of unbranched alkanes of at least 4 members (excludes halogenated alkanes) is 10. The fourth-order valence-electron chi connectivity index (χ4n) is 3.37. The van der Waals surface area contributed by atoms with Crippen molar-refractivity contribution in [3.8, 4) is 0 Å². The molecule has 0 radical (unpaired) electrons. The van der Waals surface area contributed by atoms with Crippen molar-refractivity contribution in [2.75, 3.05) is 6.54 Å². The normalized spacial score (nSPS) is 14.3. The lowest BCUT2D eigenvalue weighted by molar-refractivity contribution is 0.223. The highest BCUT2D eigenvalue weighted by molar-refractivity contribution is 4.78. The maximum Gasteiger partial charge on any atom is -0.00206 e. The molecule has 0 aromatic heterocycles. The van der Waals surface area contributed by atoms with Gasteiger partial charge < -0.3 is 5.73 Å². The predicted molar refractivity (Wildman–Crippen MR) is 97.8 cm³/mol.